The number of sulfonamides is 1. The van der Waals surface area contributed by atoms with Crippen molar-refractivity contribution in [3.05, 3.63) is 41.0 Å². The minimum Gasteiger partial charge on any atom is -0.455 e. The largest absolute Gasteiger partial charge is 0.455 e. The van der Waals surface area contributed by atoms with Gasteiger partial charge in [-0.2, -0.15) is 13.2 Å². The summed E-state index contributed by atoms with van der Waals surface area (Å²) in [7, 11) is -4.19. The molecule has 1 saturated heterocycles. The van der Waals surface area contributed by atoms with E-state index < -0.39 is 45.0 Å². The minimum absolute atomic E-state index is 0.0444. The molecule has 0 spiro atoms. The Morgan fingerprint density at radius 2 is 1.97 bits per heavy atom. The molecule has 10 heteroatoms. The van der Waals surface area contributed by atoms with Crippen molar-refractivity contribution >= 4 is 16.0 Å². The standard InChI is InChI=1S/C19H20F3NO5S/c1-10-7-11(19(20,21)22)3-5-14(10)29(26,27)23-17(2)8-12-4-6-15-18(12,25)13(9-17)16(24)28-15/h3,5,7,9,12,15,23,25H,4,6,8H2,1-2H3/t12?,15-,17-,18+/m1/s1. The van der Waals surface area contributed by atoms with Gasteiger partial charge in [-0.3, -0.25) is 0 Å². The van der Waals surface area contributed by atoms with Crippen LogP contribution < -0.4 is 4.72 Å². The quantitative estimate of drug-likeness (QED) is 0.718. The number of benzene rings is 1. The van der Waals surface area contributed by atoms with Gasteiger partial charge in [0, 0.05) is 5.54 Å². The molecule has 3 aliphatic rings. The SMILES string of the molecule is Cc1cc(C(F)(F)F)ccc1S(=O)(=O)N[C@@]1(C)C=C2C(=O)O[C@@H]3CCC(C1)[C@]23O. The third kappa shape index (κ3) is 3.08. The third-order valence-corrected chi connectivity index (χ3v) is 7.86. The van der Waals surface area contributed by atoms with Crippen molar-refractivity contribution in [2.75, 3.05) is 0 Å². The average Bonchev–Trinajstić information content (AvgIpc) is 3.01. The lowest BCUT2D eigenvalue weighted by Gasteiger charge is -2.40. The molecule has 4 rings (SSSR count). The Balaban J connectivity index is 1.69. The summed E-state index contributed by atoms with van der Waals surface area (Å²) in [6, 6.07) is 2.42. The number of hydrogen-bond acceptors (Lipinski definition) is 5. The molecular weight excluding hydrogens is 411 g/mol. The monoisotopic (exact) mass is 431 g/mol. The Bertz CT molecular complexity index is 1030. The van der Waals surface area contributed by atoms with Crippen molar-refractivity contribution in [1.82, 2.24) is 4.72 Å². The average molecular weight is 431 g/mol. The summed E-state index contributed by atoms with van der Waals surface area (Å²) >= 11 is 0. The number of carbonyl (C=O) groups excluding carboxylic acids is 1. The smallest absolute Gasteiger partial charge is 0.416 e. The zero-order chi connectivity index (χ0) is 21.4. The Hall–Kier alpha value is -1.91. The first kappa shape index (κ1) is 20.4. The number of aliphatic hydroxyl groups is 1. The zero-order valence-corrected chi connectivity index (χ0v) is 16.5. The number of ether oxygens (including phenoxy) is 1. The van der Waals surface area contributed by atoms with Gasteiger partial charge in [0.2, 0.25) is 10.0 Å². The van der Waals surface area contributed by atoms with E-state index in [4.69, 9.17) is 4.74 Å². The Labute approximate surface area is 165 Å². The van der Waals surface area contributed by atoms with Gasteiger partial charge in [0.25, 0.3) is 0 Å². The van der Waals surface area contributed by atoms with Gasteiger partial charge in [0.05, 0.1) is 16.0 Å². The van der Waals surface area contributed by atoms with E-state index in [9.17, 15) is 31.5 Å². The van der Waals surface area contributed by atoms with Crippen LogP contribution in [-0.2, 0) is 25.7 Å². The van der Waals surface area contributed by atoms with Gasteiger partial charge in [0.1, 0.15) is 11.7 Å². The molecule has 1 unspecified atom stereocenters. The molecule has 2 aliphatic carbocycles. The highest BCUT2D eigenvalue weighted by atomic mass is 32.2. The van der Waals surface area contributed by atoms with Crippen molar-refractivity contribution in [3.8, 4) is 0 Å². The number of rotatable bonds is 3. The molecule has 2 fully saturated rings. The van der Waals surface area contributed by atoms with Crippen LogP contribution in [-0.4, -0.2) is 36.7 Å². The molecule has 1 aromatic rings. The van der Waals surface area contributed by atoms with Gasteiger partial charge in [-0.15, -0.1) is 0 Å². The lowest BCUT2D eigenvalue weighted by Crippen LogP contribution is -2.54. The molecule has 0 aromatic heterocycles. The maximum absolute atomic E-state index is 12.9. The summed E-state index contributed by atoms with van der Waals surface area (Å²) in [5.74, 6) is -1.03. The fourth-order valence-corrected chi connectivity index (χ4v) is 6.43. The molecule has 2 N–H and O–H groups in total. The highest BCUT2D eigenvalue weighted by Crippen LogP contribution is 2.54. The molecule has 1 aliphatic heterocycles. The van der Waals surface area contributed by atoms with Crippen LogP contribution in [0, 0.1) is 12.8 Å². The van der Waals surface area contributed by atoms with Gasteiger partial charge in [-0.05, 0) is 62.8 Å². The lowest BCUT2D eigenvalue weighted by molar-refractivity contribution is -0.140. The Morgan fingerprint density at radius 1 is 1.28 bits per heavy atom. The molecular formula is C19H20F3NO5S. The zero-order valence-electron chi connectivity index (χ0n) is 15.7. The van der Waals surface area contributed by atoms with E-state index in [1.165, 1.54) is 13.0 Å². The molecule has 0 bridgehead atoms. The predicted octanol–water partition coefficient (Wildman–Crippen LogP) is 2.45. The van der Waals surface area contributed by atoms with Crippen molar-refractivity contribution in [2.45, 2.75) is 61.4 Å². The number of aryl methyl sites for hydroxylation is 1. The molecule has 6 nitrogen and oxygen atoms in total. The summed E-state index contributed by atoms with van der Waals surface area (Å²) in [6.07, 6.45) is -2.52. The first-order valence-electron chi connectivity index (χ1n) is 9.15. The molecule has 0 amide bonds. The number of carbonyl (C=O) groups is 1. The lowest BCUT2D eigenvalue weighted by atomic mass is 9.71. The summed E-state index contributed by atoms with van der Waals surface area (Å²) in [6.45, 7) is 2.87. The van der Waals surface area contributed by atoms with Crippen molar-refractivity contribution in [1.29, 1.82) is 0 Å². The van der Waals surface area contributed by atoms with E-state index in [2.05, 4.69) is 4.72 Å². The van der Waals surface area contributed by atoms with Crippen LogP contribution in [0.5, 0.6) is 0 Å². The number of nitrogens with one attached hydrogen (secondary N) is 1. The summed E-state index contributed by atoms with van der Waals surface area (Å²) in [4.78, 5) is 11.9. The van der Waals surface area contributed by atoms with Gasteiger partial charge in [-0.1, -0.05) is 6.08 Å². The maximum atomic E-state index is 12.9. The summed E-state index contributed by atoms with van der Waals surface area (Å²) in [5, 5.41) is 11.0. The second-order valence-corrected chi connectivity index (χ2v) is 9.91. The van der Waals surface area contributed by atoms with Gasteiger partial charge in [-0.25, -0.2) is 17.9 Å². The van der Waals surface area contributed by atoms with Crippen LogP contribution >= 0.6 is 0 Å². The fourth-order valence-electron chi connectivity index (χ4n) is 4.84. The predicted molar refractivity (Wildman–Crippen MR) is 95.2 cm³/mol. The Morgan fingerprint density at radius 3 is 2.59 bits per heavy atom. The summed E-state index contributed by atoms with van der Waals surface area (Å²) < 4.78 is 72.3. The van der Waals surface area contributed by atoms with Gasteiger partial charge >= 0.3 is 12.1 Å². The van der Waals surface area contributed by atoms with Crippen LogP contribution in [0.2, 0.25) is 0 Å². The minimum atomic E-state index is -4.58. The summed E-state index contributed by atoms with van der Waals surface area (Å²) in [5.41, 5.74) is -3.54. The fraction of sp³-hybridized carbons (Fsp3) is 0.526. The molecule has 1 heterocycles. The van der Waals surface area contributed by atoms with E-state index in [0.717, 1.165) is 18.2 Å². The first-order valence-corrected chi connectivity index (χ1v) is 10.6. The maximum Gasteiger partial charge on any atom is 0.416 e. The van der Waals surface area contributed by atoms with Crippen LogP contribution in [0.1, 0.15) is 37.3 Å². The van der Waals surface area contributed by atoms with E-state index in [-0.39, 0.29) is 28.4 Å². The second kappa shape index (κ2) is 6.05. The second-order valence-electron chi connectivity index (χ2n) is 8.26. The van der Waals surface area contributed by atoms with Crippen LogP contribution in [0.4, 0.5) is 13.2 Å². The number of halogens is 3. The van der Waals surface area contributed by atoms with E-state index in [1.807, 2.05) is 0 Å². The molecule has 158 valence electrons. The molecule has 4 atom stereocenters. The van der Waals surface area contributed by atoms with Crippen molar-refractivity contribution < 1.29 is 36.2 Å². The first-order chi connectivity index (χ1) is 13.3. The highest BCUT2D eigenvalue weighted by molar-refractivity contribution is 7.89. The number of esters is 1. The third-order valence-electron chi connectivity index (χ3n) is 6.08. The number of alkyl halides is 3. The van der Waals surface area contributed by atoms with E-state index >= 15 is 0 Å². The Kier molecular flexibility index (Phi) is 4.25. The number of hydrogen-bond donors (Lipinski definition) is 2. The van der Waals surface area contributed by atoms with Crippen molar-refractivity contribution in [3.63, 3.8) is 0 Å². The molecule has 1 saturated carbocycles. The van der Waals surface area contributed by atoms with Gasteiger partial charge in [0.15, 0.2) is 0 Å². The van der Waals surface area contributed by atoms with E-state index in [1.54, 1.807) is 6.92 Å². The van der Waals surface area contributed by atoms with Gasteiger partial charge < -0.3 is 9.84 Å². The van der Waals surface area contributed by atoms with Crippen LogP contribution in [0.15, 0.2) is 34.7 Å². The van der Waals surface area contributed by atoms with Crippen molar-refractivity contribution in [2.24, 2.45) is 5.92 Å². The normalized spacial score (nSPS) is 34.0. The molecule has 0 radical (unpaired) electrons. The van der Waals surface area contributed by atoms with E-state index in [0.29, 0.717) is 12.8 Å². The van der Waals surface area contributed by atoms with Crippen LogP contribution in [0.3, 0.4) is 0 Å². The molecule has 1 aromatic carbocycles. The van der Waals surface area contributed by atoms with Crippen LogP contribution in [0.25, 0.3) is 0 Å². The highest BCUT2D eigenvalue weighted by Gasteiger charge is 2.64. The topological polar surface area (TPSA) is 92.7 Å². The molecule has 29 heavy (non-hydrogen) atoms.